The number of aliphatic hydroxyl groups is 1. The molecule has 124 valence electrons. The Morgan fingerprint density at radius 3 is 2.59 bits per heavy atom. The van der Waals surface area contributed by atoms with Gasteiger partial charge in [-0.15, -0.1) is 0 Å². The predicted molar refractivity (Wildman–Crippen MR) is 86.6 cm³/mol. The summed E-state index contributed by atoms with van der Waals surface area (Å²) < 4.78 is 0. The number of carbonyl (C=O) groups is 2. The van der Waals surface area contributed by atoms with Crippen LogP contribution in [0.25, 0.3) is 0 Å². The van der Waals surface area contributed by atoms with Crippen molar-refractivity contribution in [3.05, 3.63) is 24.3 Å². The van der Waals surface area contributed by atoms with Crippen LogP contribution >= 0.6 is 0 Å². The normalized spacial score (nSPS) is 24.5. The molecule has 0 heterocycles. The maximum Gasteiger partial charge on any atom is 0.303 e. The van der Waals surface area contributed by atoms with Gasteiger partial charge in [-0.2, -0.15) is 0 Å². The summed E-state index contributed by atoms with van der Waals surface area (Å²) in [6, 6.07) is 0. The van der Waals surface area contributed by atoms with Crippen LogP contribution in [0.4, 0.5) is 0 Å². The van der Waals surface area contributed by atoms with Crippen molar-refractivity contribution in [1.29, 1.82) is 0 Å². The molecule has 0 saturated carbocycles. The summed E-state index contributed by atoms with van der Waals surface area (Å²) >= 11 is 0. The molecule has 1 aliphatic carbocycles. The highest BCUT2D eigenvalue weighted by Crippen LogP contribution is 2.34. The highest BCUT2D eigenvalue weighted by atomic mass is 16.4. The van der Waals surface area contributed by atoms with Crippen LogP contribution in [0.3, 0.4) is 0 Å². The minimum absolute atomic E-state index is 0.0967. The van der Waals surface area contributed by atoms with Crippen molar-refractivity contribution in [2.45, 2.75) is 70.3 Å². The van der Waals surface area contributed by atoms with Crippen molar-refractivity contribution >= 4 is 11.8 Å². The first-order chi connectivity index (χ1) is 10.5. The third kappa shape index (κ3) is 5.76. The molecule has 0 aliphatic heterocycles. The maximum absolute atomic E-state index is 11.9. The quantitative estimate of drug-likeness (QED) is 0.451. The Kier molecular flexibility index (Phi) is 8.10. The van der Waals surface area contributed by atoms with Crippen LogP contribution in [0.2, 0.25) is 0 Å². The molecule has 2 unspecified atom stereocenters. The maximum atomic E-state index is 11.9. The van der Waals surface area contributed by atoms with Crippen LogP contribution in [0, 0.1) is 5.92 Å². The molecule has 1 aliphatic rings. The number of rotatable bonds is 11. The first kappa shape index (κ1) is 18.6. The molecular weight excluding hydrogens is 280 g/mol. The molecule has 2 N–H and O–H groups in total. The summed E-state index contributed by atoms with van der Waals surface area (Å²) in [5.41, 5.74) is -1.25. The van der Waals surface area contributed by atoms with Gasteiger partial charge in [0.15, 0.2) is 5.78 Å². The van der Waals surface area contributed by atoms with Crippen LogP contribution in [-0.2, 0) is 9.59 Å². The average Bonchev–Trinajstić information content (AvgIpc) is 2.74. The van der Waals surface area contributed by atoms with Gasteiger partial charge in [0.25, 0.3) is 0 Å². The van der Waals surface area contributed by atoms with Gasteiger partial charge in [-0.05, 0) is 25.3 Å². The predicted octanol–water partition coefficient (Wildman–Crippen LogP) is 3.64. The van der Waals surface area contributed by atoms with Gasteiger partial charge < -0.3 is 10.2 Å². The van der Waals surface area contributed by atoms with Gasteiger partial charge in [0, 0.05) is 18.8 Å². The highest BCUT2D eigenvalue weighted by molar-refractivity contribution is 6.00. The number of hydrogen-bond donors (Lipinski definition) is 2. The molecule has 0 spiro atoms. The van der Waals surface area contributed by atoms with E-state index in [4.69, 9.17) is 5.11 Å². The van der Waals surface area contributed by atoms with E-state index >= 15 is 0 Å². The van der Waals surface area contributed by atoms with Crippen LogP contribution < -0.4 is 0 Å². The Bertz CT molecular complexity index is 425. The molecule has 1 rings (SSSR count). The number of carboxylic acid groups (broad SMARTS) is 1. The van der Waals surface area contributed by atoms with Crippen LogP contribution in [0.1, 0.15) is 64.7 Å². The van der Waals surface area contributed by atoms with Crippen molar-refractivity contribution in [3.63, 3.8) is 0 Å². The van der Waals surface area contributed by atoms with E-state index in [1.165, 1.54) is 6.08 Å². The number of ketones is 1. The highest BCUT2D eigenvalue weighted by Gasteiger charge is 2.43. The van der Waals surface area contributed by atoms with E-state index in [0.717, 1.165) is 44.9 Å². The van der Waals surface area contributed by atoms with E-state index in [1.54, 1.807) is 0 Å². The average molecular weight is 308 g/mol. The minimum atomic E-state index is -1.25. The molecular formula is C18H28O4. The topological polar surface area (TPSA) is 74.6 Å². The van der Waals surface area contributed by atoms with Gasteiger partial charge in [0.2, 0.25) is 0 Å². The fraction of sp³-hybridized carbons (Fsp3) is 0.667. The molecule has 4 nitrogen and oxygen atoms in total. The van der Waals surface area contributed by atoms with Crippen molar-refractivity contribution in [3.8, 4) is 0 Å². The Balaban J connectivity index is 2.28. The zero-order valence-corrected chi connectivity index (χ0v) is 13.5. The lowest BCUT2D eigenvalue weighted by Crippen LogP contribution is -2.40. The van der Waals surface area contributed by atoms with Crippen LogP contribution in [-0.4, -0.2) is 27.6 Å². The van der Waals surface area contributed by atoms with E-state index in [2.05, 4.69) is 0 Å². The lowest BCUT2D eigenvalue weighted by atomic mass is 9.82. The van der Waals surface area contributed by atoms with Crippen LogP contribution in [0.15, 0.2) is 24.3 Å². The SMILES string of the molecule is CCC=CCC1(O)C(=O)C=CC1CCCCCCCC(=O)O. The van der Waals surface area contributed by atoms with Crippen molar-refractivity contribution in [2.75, 3.05) is 0 Å². The van der Waals surface area contributed by atoms with Gasteiger partial charge in [0.1, 0.15) is 5.60 Å². The van der Waals surface area contributed by atoms with Crippen molar-refractivity contribution < 1.29 is 19.8 Å². The first-order valence-corrected chi connectivity index (χ1v) is 8.32. The first-order valence-electron chi connectivity index (χ1n) is 8.32. The second-order valence-corrected chi connectivity index (χ2v) is 6.04. The molecule has 0 aromatic carbocycles. The van der Waals surface area contributed by atoms with Gasteiger partial charge in [0.05, 0.1) is 0 Å². The molecule has 0 saturated heterocycles. The number of carboxylic acids is 1. The number of allylic oxidation sites excluding steroid dienone is 1. The Morgan fingerprint density at radius 1 is 1.23 bits per heavy atom. The molecule has 0 bridgehead atoms. The van der Waals surface area contributed by atoms with Crippen LogP contribution in [0.5, 0.6) is 0 Å². The third-order valence-corrected chi connectivity index (χ3v) is 4.26. The number of hydrogen-bond acceptors (Lipinski definition) is 3. The minimum Gasteiger partial charge on any atom is -0.481 e. The fourth-order valence-corrected chi connectivity index (χ4v) is 2.88. The van der Waals surface area contributed by atoms with E-state index in [1.807, 2.05) is 25.2 Å². The summed E-state index contributed by atoms with van der Waals surface area (Å²) in [7, 11) is 0. The molecule has 2 atom stereocenters. The summed E-state index contributed by atoms with van der Waals surface area (Å²) in [5.74, 6) is -1.01. The third-order valence-electron chi connectivity index (χ3n) is 4.26. The molecule has 22 heavy (non-hydrogen) atoms. The van der Waals surface area contributed by atoms with Gasteiger partial charge >= 0.3 is 5.97 Å². The van der Waals surface area contributed by atoms with E-state index in [9.17, 15) is 14.7 Å². The van der Waals surface area contributed by atoms with Crippen molar-refractivity contribution in [1.82, 2.24) is 0 Å². The fourth-order valence-electron chi connectivity index (χ4n) is 2.88. The zero-order valence-electron chi connectivity index (χ0n) is 13.5. The summed E-state index contributed by atoms with van der Waals surface area (Å²) in [5, 5.41) is 19.2. The monoisotopic (exact) mass is 308 g/mol. The second kappa shape index (κ2) is 9.57. The second-order valence-electron chi connectivity index (χ2n) is 6.04. The smallest absolute Gasteiger partial charge is 0.303 e. The Morgan fingerprint density at radius 2 is 1.91 bits per heavy atom. The molecule has 0 radical (unpaired) electrons. The number of aliphatic carboxylic acids is 1. The number of unbranched alkanes of at least 4 members (excludes halogenated alkanes) is 4. The lowest BCUT2D eigenvalue weighted by Gasteiger charge is -2.27. The summed E-state index contributed by atoms with van der Waals surface area (Å²) in [6.45, 7) is 2.02. The zero-order chi connectivity index (χ0) is 16.4. The van der Waals surface area contributed by atoms with E-state index in [-0.39, 0.29) is 18.1 Å². The van der Waals surface area contributed by atoms with Gasteiger partial charge in [-0.25, -0.2) is 0 Å². The summed E-state index contributed by atoms with van der Waals surface area (Å²) in [4.78, 5) is 22.3. The van der Waals surface area contributed by atoms with Gasteiger partial charge in [-0.1, -0.05) is 50.8 Å². The van der Waals surface area contributed by atoms with Gasteiger partial charge in [-0.3, -0.25) is 9.59 Å². The molecule has 4 heteroatoms. The largest absolute Gasteiger partial charge is 0.481 e. The lowest BCUT2D eigenvalue weighted by molar-refractivity contribution is -0.137. The molecule has 0 aromatic heterocycles. The molecule has 0 aromatic rings. The standard InChI is InChI=1S/C18H28O4/c1-2-3-9-14-18(22)15(12-13-16(18)19)10-7-5-4-6-8-11-17(20)21/h3,9,12-13,15,22H,2,4-8,10-11,14H2,1H3,(H,20,21). The van der Waals surface area contributed by atoms with Crippen molar-refractivity contribution in [2.24, 2.45) is 5.92 Å². The molecule has 0 fully saturated rings. The van der Waals surface area contributed by atoms with E-state index < -0.39 is 11.6 Å². The Hall–Kier alpha value is -1.42. The Labute approximate surface area is 132 Å². The van der Waals surface area contributed by atoms with E-state index in [0.29, 0.717) is 6.42 Å². The molecule has 0 amide bonds. The summed E-state index contributed by atoms with van der Waals surface area (Å²) in [6.07, 6.45) is 14.2. The number of carbonyl (C=O) groups excluding carboxylic acids is 1.